The molecule has 1 aliphatic carbocycles. The lowest BCUT2D eigenvalue weighted by Crippen LogP contribution is -2.27. The zero-order valence-electron chi connectivity index (χ0n) is 11.9. The minimum Gasteiger partial charge on any atom is -0.351 e. The van der Waals surface area contributed by atoms with Gasteiger partial charge in [0.25, 0.3) is 5.91 Å². The van der Waals surface area contributed by atoms with Crippen LogP contribution in [0.1, 0.15) is 41.9 Å². The first-order valence-electron chi connectivity index (χ1n) is 7.18. The molecule has 0 saturated heterocycles. The van der Waals surface area contributed by atoms with Crippen molar-refractivity contribution in [3.8, 4) is 0 Å². The van der Waals surface area contributed by atoms with Gasteiger partial charge in [0, 0.05) is 12.2 Å². The standard InChI is InChI=1S/C16H18N4O/c1-11(12-5-3-2-4-6-12)18-15(21)14-9-10-17-16(20-14)19-13-7-8-13/h2-6,9-11,13H,7-8H2,1H3,(H,18,21)(H,17,19,20). The summed E-state index contributed by atoms with van der Waals surface area (Å²) < 4.78 is 0. The topological polar surface area (TPSA) is 66.9 Å². The molecule has 1 fully saturated rings. The zero-order chi connectivity index (χ0) is 14.7. The number of carbonyl (C=O) groups excluding carboxylic acids is 1. The van der Waals surface area contributed by atoms with Gasteiger partial charge in [-0.2, -0.15) is 0 Å². The van der Waals surface area contributed by atoms with Crippen molar-refractivity contribution in [2.24, 2.45) is 0 Å². The highest BCUT2D eigenvalue weighted by atomic mass is 16.1. The Labute approximate surface area is 123 Å². The Morgan fingerprint density at radius 3 is 2.71 bits per heavy atom. The van der Waals surface area contributed by atoms with Crippen molar-refractivity contribution in [1.29, 1.82) is 0 Å². The fraction of sp³-hybridized carbons (Fsp3) is 0.312. The van der Waals surface area contributed by atoms with Gasteiger partial charge in [0.05, 0.1) is 6.04 Å². The number of aromatic nitrogens is 2. The third-order valence-corrected chi connectivity index (χ3v) is 3.45. The fourth-order valence-electron chi connectivity index (χ4n) is 2.06. The van der Waals surface area contributed by atoms with Crippen LogP contribution in [0, 0.1) is 0 Å². The van der Waals surface area contributed by atoms with Crippen molar-refractivity contribution in [3.63, 3.8) is 0 Å². The fourth-order valence-corrected chi connectivity index (χ4v) is 2.06. The SMILES string of the molecule is CC(NC(=O)c1ccnc(NC2CC2)n1)c1ccccc1. The molecule has 3 rings (SSSR count). The molecule has 2 aromatic rings. The van der Waals surface area contributed by atoms with Crippen LogP contribution in [-0.2, 0) is 0 Å². The average Bonchev–Trinajstić information content (AvgIpc) is 3.32. The van der Waals surface area contributed by atoms with Gasteiger partial charge in [-0.15, -0.1) is 0 Å². The smallest absolute Gasteiger partial charge is 0.270 e. The Hall–Kier alpha value is -2.43. The molecule has 1 aliphatic rings. The predicted molar refractivity (Wildman–Crippen MR) is 81.0 cm³/mol. The second-order valence-electron chi connectivity index (χ2n) is 5.29. The predicted octanol–water partition coefficient (Wildman–Crippen LogP) is 2.54. The Kier molecular flexibility index (Phi) is 3.81. The molecule has 5 nitrogen and oxygen atoms in total. The Morgan fingerprint density at radius 2 is 2.00 bits per heavy atom. The van der Waals surface area contributed by atoms with E-state index in [1.54, 1.807) is 12.3 Å². The summed E-state index contributed by atoms with van der Waals surface area (Å²) in [6.07, 6.45) is 3.90. The van der Waals surface area contributed by atoms with Gasteiger partial charge in [0.1, 0.15) is 5.69 Å². The maximum absolute atomic E-state index is 12.3. The van der Waals surface area contributed by atoms with Crippen LogP contribution in [0.3, 0.4) is 0 Å². The maximum atomic E-state index is 12.3. The van der Waals surface area contributed by atoms with Crippen LogP contribution in [0.5, 0.6) is 0 Å². The molecule has 1 unspecified atom stereocenters. The summed E-state index contributed by atoms with van der Waals surface area (Å²) in [4.78, 5) is 20.7. The molecular weight excluding hydrogens is 264 g/mol. The quantitative estimate of drug-likeness (QED) is 0.884. The molecule has 0 aliphatic heterocycles. The summed E-state index contributed by atoms with van der Waals surface area (Å²) in [6, 6.07) is 11.9. The highest BCUT2D eigenvalue weighted by molar-refractivity contribution is 5.92. The van der Waals surface area contributed by atoms with Crippen molar-refractivity contribution in [3.05, 3.63) is 53.9 Å². The molecule has 108 valence electrons. The van der Waals surface area contributed by atoms with E-state index in [4.69, 9.17) is 0 Å². The molecule has 0 spiro atoms. The van der Waals surface area contributed by atoms with Crippen molar-refractivity contribution in [2.75, 3.05) is 5.32 Å². The van der Waals surface area contributed by atoms with E-state index in [-0.39, 0.29) is 11.9 Å². The summed E-state index contributed by atoms with van der Waals surface area (Å²) in [7, 11) is 0. The lowest BCUT2D eigenvalue weighted by Gasteiger charge is -2.14. The number of carbonyl (C=O) groups is 1. The molecule has 0 bridgehead atoms. The van der Waals surface area contributed by atoms with Gasteiger partial charge in [-0.05, 0) is 31.4 Å². The highest BCUT2D eigenvalue weighted by Crippen LogP contribution is 2.22. The van der Waals surface area contributed by atoms with Crippen LogP contribution in [0.25, 0.3) is 0 Å². The van der Waals surface area contributed by atoms with Gasteiger partial charge in [-0.25, -0.2) is 9.97 Å². The molecule has 2 N–H and O–H groups in total. The normalized spacial score (nSPS) is 15.3. The Bertz CT molecular complexity index is 625. The molecule has 1 amide bonds. The first-order chi connectivity index (χ1) is 10.2. The van der Waals surface area contributed by atoms with Gasteiger partial charge in [0.2, 0.25) is 5.95 Å². The van der Waals surface area contributed by atoms with Gasteiger partial charge in [-0.3, -0.25) is 4.79 Å². The molecule has 1 saturated carbocycles. The van der Waals surface area contributed by atoms with E-state index in [1.165, 1.54) is 0 Å². The Balaban J connectivity index is 1.67. The number of rotatable bonds is 5. The summed E-state index contributed by atoms with van der Waals surface area (Å²) >= 11 is 0. The van der Waals surface area contributed by atoms with E-state index < -0.39 is 0 Å². The number of hydrogen-bond donors (Lipinski definition) is 2. The van der Waals surface area contributed by atoms with E-state index >= 15 is 0 Å². The minimum absolute atomic E-state index is 0.0616. The number of anilines is 1. The van der Waals surface area contributed by atoms with Crippen molar-refractivity contribution >= 4 is 11.9 Å². The summed E-state index contributed by atoms with van der Waals surface area (Å²) in [5.74, 6) is 0.338. The molecule has 1 atom stereocenters. The summed E-state index contributed by atoms with van der Waals surface area (Å²) in [5.41, 5.74) is 1.45. The van der Waals surface area contributed by atoms with E-state index in [0.717, 1.165) is 18.4 Å². The van der Waals surface area contributed by atoms with E-state index in [1.807, 2.05) is 37.3 Å². The van der Waals surface area contributed by atoms with Crippen LogP contribution in [0.4, 0.5) is 5.95 Å². The van der Waals surface area contributed by atoms with Crippen molar-refractivity contribution in [1.82, 2.24) is 15.3 Å². The number of nitrogens with zero attached hydrogens (tertiary/aromatic N) is 2. The number of nitrogens with one attached hydrogen (secondary N) is 2. The first-order valence-corrected chi connectivity index (χ1v) is 7.18. The molecule has 0 radical (unpaired) electrons. The largest absolute Gasteiger partial charge is 0.351 e. The van der Waals surface area contributed by atoms with Gasteiger partial charge in [-0.1, -0.05) is 30.3 Å². The third kappa shape index (κ3) is 3.56. The first kappa shape index (κ1) is 13.5. The van der Waals surface area contributed by atoms with Crippen molar-refractivity contribution in [2.45, 2.75) is 31.8 Å². The number of benzene rings is 1. The lowest BCUT2D eigenvalue weighted by molar-refractivity contribution is 0.0935. The number of amides is 1. The summed E-state index contributed by atoms with van der Waals surface area (Å²) in [6.45, 7) is 1.96. The molecule has 21 heavy (non-hydrogen) atoms. The average molecular weight is 282 g/mol. The van der Waals surface area contributed by atoms with E-state index in [9.17, 15) is 4.79 Å². The molecule has 1 aromatic carbocycles. The number of hydrogen-bond acceptors (Lipinski definition) is 4. The Morgan fingerprint density at radius 1 is 1.24 bits per heavy atom. The van der Waals surface area contributed by atoms with Crippen LogP contribution in [-0.4, -0.2) is 21.9 Å². The van der Waals surface area contributed by atoms with E-state index in [2.05, 4.69) is 20.6 Å². The molecule has 1 aromatic heterocycles. The van der Waals surface area contributed by atoms with Crippen LogP contribution in [0.15, 0.2) is 42.6 Å². The van der Waals surface area contributed by atoms with Crippen LogP contribution >= 0.6 is 0 Å². The lowest BCUT2D eigenvalue weighted by atomic mass is 10.1. The van der Waals surface area contributed by atoms with Crippen LogP contribution in [0.2, 0.25) is 0 Å². The maximum Gasteiger partial charge on any atom is 0.270 e. The van der Waals surface area contributed by atoms with E-state index in [0.29, 0.717) is 17.7 Å². The van der Waals surface area contributed by atoms with Gasteiger partial charge >= 0.3 is 0 Å². The second kappa shape index (κ2) is 5.91. The van der Waals surface area contributed by atoms with Gasteiger partial charge < -0.3 is 10.6 Å². The van der Waals surface area contributed by atoms with Crippen LogP contribution < -0.4 is 10.6 Å². The monoisotopic (exact) mass is 282 g/mol. The molecule has 5 heteroatoms. The third-order valence-electron chi connectivity index (χ3n) is 3.45. The summed E-state index contributed by atoms with van der Waals surface area (Å²) in [5, 5.41) is 6.15. The minimum atomic E-state index is -0.187. The molecule has 1 heterocycles. The zero-order valence-corrected chi connectivity index (χ0v) is 11.9. The highest BCUT2D eigenvalue weighted by Gasteiger charge is 2.22. The van der Waals surface area contributed by atoms with Crippen molar-refractivity contribution < 1.29 is 4.79 Å². The van der Waals surface area contributed by atoms with Gasteiger partial charge in [0.15, 0.2) is 0 Å². The molecular formula is C16H18N4O. The second-order valence-corrected chi connectivity index (χ2v) is 5.29.